The number of benzene rings is 3. The van der Waals surface area contributed by atoms with Crippen molar-refractivity contribution in [1.82, 2.24) is 0 Å². The second-order valence-electron chi connectivity index (χ2n) is 5.49. The highest BCUT2D eigenvalue weighted by Crippen LogP contribution is 2.47. The van der Waals surface area contributed by atoms with Crippen molar-refractivity contribution in [2.45, 2.75) is 11.2 Å². The van der Waals surface area contributed by atoms with Crippen LogP contribution in [0, 0.1) is 0 Å². The van der Waals surface area contributed by atoms with Crippen LogP contribution in [0.2, 0.25) is 0 Å². The molecule has 0 fully saturated rings. The van der Waals surface area contributed by atoms with Crippen molar-refractivity contribution < 1.29 is 0 Å². The van der Waals surface area contributed by atoms with Gasteiger partial charge >= 0.3 is 0 Å². The Morgan fingerprint density at radius 3 is 1.39 bits per heavy atom. The Bertz CT molecular complexity index is 677. The number of rotatable bonds is 4. The lowest BCUT2D eigenvalue weighted by atomic mass is 9.81. The molecule has 2 unspecified atom stereocenters. The quantitative estimate of drug-likeness (QED) is 0.622. The second kappa shape index (κ2) is 7.88. The molecule has 3 aromatic rings. The number of hydrogen-bond acceptors (Lipinski definition) is 1. The van der Waals surface area contributed by atoms with Crippen molar-refractivity contribution in [3.05, 3.63) is 108 Å². The van der Waals surface area contributed by atoms with E-state index in [0.717, 1.165) is 5.56 Å². The molecule has 0 amide bonds. The molecule has 0 saturated carbocycles. The van der Waals surface area contributed by atoms with Crippen LogP contribution < -0.4 is 5.73 Å². The summed E-state index contributed by atoms with van der Waals surface area (Å²) in [6.07, 6.45) is 0. The minimum Gasteiger partial charge on any atom is -0.323 e. The molecule has 0 aliphatic rings. The summed E-state index contributed by atoms with van der Waals surface area (Å²) < 4.78 is 0. The third-order valence-electron chi connectivity index (χ3n) is 4.15. The third-order valence-corrected chi connectivity index (χ3v) is 5.18. The third kappa shape index (κ3) is 3.55. The molecule has 0 aromatic heterocycles. The zero-order valence-electron chi connectivity index (χ0n) is 12.8. The summed E-state index contributed by atoms with van der Waals surface area (Å²) in [5.74, 6) is 0. The monoisotopic (exact) mass is 385 g/mol. The Hall–Kier alpha value is -1.47. The van der Waals surface area contributed by atoms with Crippen LogP contribution in [0.1, 0.15) is 22.7 Å². The summed E-state index contributed by atoms with van der Waals surface area (Å²) in [6, 6.07) is 31.0. The fourth-order valence-electron chi connectivity index (χ4n) is 2.88. The van der Waals surface area contributed by atoms with Gasteiger partial charge < -0.3 is 5.73 Å². The minimum absolute atomic E-state index is 0. The zero-order chi connectivity index (χ0) is 15.4. The maximum absolute atomic E-state index is 6.72. The first-order chi connectivity index (χ1) is 10.7. The lowest BCUT2D eigenvalue weighted by Gasteiger charge is -2.37. The van der Waals surface area contributed by atoms with Gasteiger partial charge in [-0.3, -0.25) is 0 Å². The summed E-state index contributed by atoms with van der Waals surface area (Å²) in [4.78, 5) is 0. The minimum atomic E-state index is -0.357. The summed E-state index contributed by atoms with van der Waals surface area (Å²) in [7, 11) is 3.01. The molecule has 0 spiro atoms. The van der Waals surface area contributed by atoms with E-state index in [2.05, 4.69) is 69.9 Å². The molecule has 2 N–H and O–H groups in total. The van der Waals surface area contributed by atoms with Crippen LogP contribution in [0.4, 0.5) is 0 Å². The van der Waals surface area contributed by atoms with E-state index in [4.69, 9.17) is 5.73 Å². The van der Waals surface area contributed by atoms with Crippen LogP contribution in [0.3, 0.4) is 0 Å². The molecule has 3 heteroatoms. The van der Waals surface area contributed by atoms with E-state index in [-0.39, 0.29) is 28.2 Å². The highest BCUT2D eigenvalue weighted by Gasteiger charge is 2.36. The lowest BCUT2D eigenvalue weighted by Crippen LogP contribution is -2.34. The number of nitrogens with two attached hydrogens (primary N) is 1. The van der Waals surface area contributed by atoms with Gasteiger partial charge in [-0.15, -0.1) is 26.2 Å². The van der Waals surface area contributed by atoms with Gasteiger partial charge in [0.05, 0.1) is 5.16 Å². The van der Waals surface area contributed by atoms with E-state index in [1.165, 1.54) is 11.1 Å². The van der Waals surface area contributed by atoms with Crippen LogP contribution >= 0.6 is 26.2 Å². The highest BCUT2D eigenvalue weighted by atomic mass is 79.9. The first-order valence-electron chi connectivity index (χ1n) is 7.43. The van der Waals surface area contributed by atoms with Crippen molar-refractivity contribution in [2.75, 3.05) is 0 Å². The fourth-order valence-corrected chi connectivity index (χ4v) is 3.45. The Morgan fingerprint density at radius 2 is 1.00 bits per heavy atom. The van der Waals surface area contributed by atoms with E-state index in [1.807, 2.05) is 30.3 Å². The van der Waals surface area contributed by atoms with Crippen LogP contribution in [-0.2, 0) is 5.16 Å². The SMILES string of the molecule is Br.NC(c1ccccc1)C(P)(c1ccccc1)c1ccccc1. The van der Waals surface area contributed by atoms with Gasteiger partial charge in [-0.05, 0) is 16.7 Å². The molecular formula is C20H21BrNP. The van der Waals surface area contributed by atoms with Crippen LogP contribution in [-0.4, -0.2) is 0 Å². The molecule has 0 radical (unpaired) electrons. The van der Waals surface area contributed by atoms with Crippen LogP contribution in [0.25, 0.3) is 0 Å². The van der Waals surface area contributed by atoms with E-state index in [0.29, 0.717) is 0 Å². The van der Waals surface area contributed by atoms with Gasteiger partial charge in [-0.2, -0.15) is 0 Å². The summed E-state index contributed by atoms with van der Waals surface area (Å²) in [5.41, 5.74) is 10.2. The van der Waals surface area contributed by atoms with Gasteiger partial charge in [-0.25, -0.2) is 0 Å². The molecule has 0 aliphatic heterocycles. The fraction of sp³-hybridized carbons (Fsp3) is 0.100. The molecule has 2 atom stereocenters. The van der Waals surface area contributed by atoms with Gasteiger partial charge in [0.15, 0.2) is 0 Å². The predicted octanol–water partition coefficient (Wildman–Crippen LogP) is 5.08. The smallest absolute Gasteiger partial charge is 0.0535 e. The van der Waals surface area contributed by atoms with E-state index in [1.54, 1.807) is 0 Å². The van der Waals surface area contributed by atoms with Crippen molar-refractivity contribution in [2.24, 2.45) is 5.73 Å². The van der Waals surface area contributed by atoms with Crippen molar-refractivity contribution in [1.29, 1.82) is 0 Å². The molecule has 0 bridgehead atoms. The predicted molar refractivity (Wildman–Crippen MR) is 107 cm³/mol. The second-order valence-corrected chi connectivity index (χ2v) is 6.40. The van der Waals surface area contributed by atoms with Gasteiger partial charge in [0, 0.05) is 6.04 Å². The topological polar surface area (TPSA) is 26.0 Å². The number of halogens is 1. The Kier molecular flexibility index (Phi) is 6.12. The van der Waals surface area contributed by atoms with Crippen molar-refractivity contribution >= 4 is 26.2 Å². The maximum Gasteiger partial charge on any atom is 0.0535 e. The van der Waals surface area contributed by atoms with Gasteiger partial charge in [0.25, 0.3) is 0 Å². The molecular weight excluding hydrogens is 365 g/mol. The maximum atomic E-state index is 6.72. The van der Waals surface area contributed by atoms with E-state index in [9.17, 15) is 0 Å². The molecule has 23 heavy (non-hydrogen) atoms. The molecule has 118 valence electrons. The van der Waals surface area contributed by atoms with Crippen molar-refractivity contribution in [3.63, 3.8) is 0 Å². The largest absolute Gasteiger partial charge is 0.323 e. The summed E-state index contributed by atoms with van der Waals surface area (Å²) >= 11 is 0. The van der Waals surface area contributed by atoms with Gasteiger partial charge in [-0.1, -0.05) is 91.0 Å². The Balaban J connectivity index is 0.00000192. The lowest BCUT2D eigenvalue weighted by molar-refractivity contribution is 0.578. The van der Waals surface area contributed by atoms with Gasteiger partial charge in [0.2, 0.25) is 0 Å². The zero-order valence-corrected chi connectivity index (χ0v) is 15.7. The molecule has 3 rings (SSSR count). The molecule has 1 nitrogen and oxygen atoms in total. The molecule has 0 aliphatic carbocycles. The average Bonchev–Trinajstić information content (AvgIpc) is 2.62. The first-order valence-corrected chi connectivity index (χ1v) is 8.01. The first kappa shape index (κ1) is 17.9. The van der Waals surface area contributed by atoms with Crippen molar-refractivity contribution in [3.8, 4) is 0 Å². The Labute approximate surface area is 150 Å². The highest BCUT2D eigenvalue weighted by molar-refractivity contribution is 8.93. The van der Waals surface area contributed by atoms with E-state index >= 15 is 0 Å². The van der Waals surface area contributed by atoms with Crippen LogP contribution in [0.5, 0.6) is 0 Å². The summed E-state index contributed by atoms with van der Waals surface area (Å²) in [6.45, 7) is 0. The normalized spacial score (nSPS) is 12.3. The number of hydrogen-bond donors (Lipinski definition) is 1. The van der Waals surface area contributed by atoms with Crippen LogP contribution in [0.15, 0.2) is 91.0 Å². The summed E-state index contributed by atoms with van der Waals surface area (Å²) in [5, 5.41) is -0.357. The van der Waals surface area contributed by atoms with E-state index < -0.39 is 0 Å². The molecule has 0 saturated heterocycles. The Morgan fingerprint density at radius 1 is 0.652 bits per heavy atom. The standard InChI is InChI=1S/C20H20NP.BrH/c21-19(16-10-4-1-5-11-16)20(22,17-12-6-2-7-13-17)18-14-8-3-9-15-18;/h1-15,19H,21-22H2;1H. The van der Waals surface area contributed by atoms with Gasteiger partial charge in [0.1, 0.15) is 0 Å². The molecule has 0 heterocycles. The average molecular weight is 386 g/mol. The molecule has 3 aromatic carbocycles.